The van der Waals surface area contributed by atoms with Crippen LogP contribution in [0.5, 0.6) is 0 Å². The molecule has 1 aromatic carbocycles. The first kappa shape index (κ1) is 13.4. The van der Waals surface area contributed by atoms with Crippen molar-refractivity contribution in [3.8, 4) is 0 Å². The van der Waals surface area contributed by atoms with E-state index in [1.54, 1.807) is 6.26 Å². The van der Waals surface area contributed by atoms with Crippen LogP contribution in [0, 0.1) is 13.8 Å². The zero-order valence-electron chi connectivity index (χ0n) is 9.13. The monoisotopic (exact) mass is 360 g/mol. The van der Waals surface area contributed by atoms with E-state index < -0.39 is 0 Å². The molecule has 0 bridgehead atoms. The number of aryl methyl sites for hydroxylation is 2. The van der Waals surface area contributed by atoms with Crippen molar-refractivity contribution in [2.75, 3.05) is 0 Å². The molecule has 2 rings (SSSR count). The van der Waals surface area contributed by atoms with Crippen molar-refractivity contribution in [3.63, 3.8) is 0 Å². The predicted octanol–water partition coefficient (Wildman–Crippen LogP) is 4.07. The molecule has 0 aliphatic heterocycles. The minimum atomic E-state index is 0. The van der Waals surface area contributed by atoms with Gasteiger partial charge in [0.25, 0.3) is 0 Å². The minimum absolute atomic E-state index is 0. The zero-order valence-corrected chi connectivity index (χ0v) is 12.1. The van der Waals surface area contributed by atoms with Gasteiger partial charge in [0.2, 0.25) is 0 Å². The fourth-order valence-corrected chi connectivity index (χ4v) is 1.34. The number of rotatable bonds is 0. The number of fused-ring (bicyclic) bond motifs is 1. The fourth-order valence-electron chi connectivity index (χ4n) is 1.34. The van der Waals surface area contributed by atoms with E-state index in [1.807, 2.05) is 19.9 Å². The van der Waals surface area contributed by atoms with Crippen LogP contribution in [0.15, 0.2) is 28.9 Å². The quantitative estimate of drug-likeness (QED) is 0.690. The van der Waals surface area contributed by atoms with Crippen molar-refractivity contribution < 1.29 is 25.5 Å². The second kappa shape index (κ2) is 6.03. The summed E-state index contributed by atoms with van der Waals surface area (Å²) in [4.78, 5) is 0. The molecule has 0 spiro atoms. The predicted molar refractivity (Wildman–Crippen MR) is 57.0 cm³/mol. The number of furan rings is 1. The summed E-state index contributed by atoms with van der Waals surface area (Å²) in [6.45, 7) is 8.16. The van der Waals surface area contributed by atoms with Crippen LogP contribution in [0.3, 0.4) is 0 Å². The summed E-state index contributed by atoms with van der Waals surface area (Å²) in [5.74, 6) is 0. The Morgan fingerprint density at radius 1 is 0.929 bits per heavy atom. The molecule has 0 radical (unpaired) electrons. The SMILES string of the molecule is CC.Cc1ccc(C)c2occc12.[W]. The average Bonchev–Trinajstić information content (AvgIpc) is 2.64. The zero-order chi connectivity index (χ0) is 9.84. The Labute approximate surface area is 99.8 Å². The van der Waals surface area contributed by atoms with Crippen LogP contribution in [0.4, 0.5) is 0 Å². The first-order valence-corrected chi connectivity index (χ1v) is 4.72. The normalized spacial score (nSPS) is 8.86. The van der Waals surface area contributed by atoms with E-state index in [0.717, 1.165) is 5.58 Å². The van der Waals surface area contributed by atoms with Gasteiger partial charge in [0.05, 0.1) is 6.26 Å². The van der Waals surface area contributed by atoms with Crippen LogP contribution in [-0.4, -0.2) is 0 Å². The van der Waals surface area contributed by atoms with E-state index in [0.29, 0.717) is 0 Å². The molecule has 0 fully saturated rings. The van der Waals surface area contributed by atoms with Gasteiger partial charge in [-0.2, -0.15) is 0 Å². The van der Waals surface area contributed by atoms with Gasteiger partial charge in [0.1, 0.15) is 5.58 Å². The molecule has 1 nitrogen and oxygen atoms in total. The molecule has 0 N–H and O–H groups in total. The van der Waals surface area contributed by atoms with Gasteiger partial charge >= 0.3 is 0 Å². The van der Waals surface area contributed by atoms with Gasteiger partial charge in [0, 0.05) is 26.5 Å². The summed E-state index contributed by atoms with van der Waals surface area (Å²) in [5, 5.41) is 1.23. The van der Waals surface area contributed by atoms with Crippen LogP contribution in [0.25, 0.3) is 11.0 Å². The summed E-state index contributed by atoms with van der Waals surface area (Å²) < 4.78 is 5.33. The molecule has 2 heteroatoms. The summed E-state index contributed by atoms with van der Waals surface area (Å²) in [7, 11) is 0. The summed E-state index contributed by atoms with van der Waals surface area (Å²) in [6, 6.07) is 6.21. The molecule has 1 aromatic heterocycles. The molecule has 2 aromatic rings. The van der Waals surface area contributed by atoms with Crippen LogP contribution in [0.1, 0.15) is 25.0 Å². The molecule has 0 amide bonds. The van der Waals surface area contributed by atoms with E-state index in [2.05, 4.69) is 26.0 Å². The van der Waals surface area contributed by atoms with Gasteiger partial charge in [0.15, 0.2) is 0 Å². The molecule has 0 aliphatic carbocycles. The Morgan fingerprint density at radius 2 is 1.50 bits per heavy atom. The topological polar surface area (TPSA) is 13.1 Å². The Balaban J connectivity index is 0.000000531. The van der Waals surface area contributed by atoms with Crippen molar-refractivity contribution in [1.82, 2.24) is 0 Å². The van der Waals surface area contributed by atoms with Crippen LogP contribution >= 0.6 is 0 Å². The molecule has 0 aliphatic rings. The second-order valence-electron chi connectivity index (χ2n) is 2.86. The number of hydrogen-bond donors (Lipinski definition) is 0. The van der Waals surface area contributed by atoms with Crippen molar-refractivity contribution in [2.45, 2.75) is 27.7 Å². The second-order valence-corrected chi connectivity index (χ2v) is 2.86. The molecule has 14 heavy (non-hydrogen) atoms. The molecule has 0 atom stereocenters. The molecular formula is C12H16OW. The Kier molecular flexibility index (Phi) is 5.79. The molecule has 0 saturated heterocycles. The van der Waals surface area contributed by atoms with Crippen LogP contribution < -0.4 is 0 Å². The molecule has 0 unspecified atom stereocenters. The third-order valence-corrected chi connectivity index (χ3v) is 2.03. The van der Waals surface area contributed by atoms with E-state index in [9.17, 15) is 0 Å². The van der Waals surface area contributed by atoms with Gasteiger partial charge in [-0.3, -0.25) is 0 Å². The van der Waals surface area contributed by atoms with Gasteiger partial charge < -0.3 is 4.42 Å². The fraction of sp³-hybridized carbons (Fsp3) is 0.333. The summed E-state index contributed by atoms with van der Waals surface area (Å²) in [5.41, 5.74) is 3.50. The van der Waals surface area contributed by atoms with Crippen molar-refractivity contribution >= 4 is 11.0 Å². The molecular weight excluding hydrogens is 344 g/mol. The Hall–Kier alpha value is -0.552. The first-order chi connectivity index (χ1) is 6.29. The summed E-state index contributed by atoms with van der Waals surface area (Å²) >= 11 is 0. The van der Waals surface area contributed by atoms with Crippen molar-refractivity contribution in [1.29, 1.82) is 0 Å². The van der Waals surface area contributed by atoms with Gasteiger partial charge in [-0.05, 0) is 31.0 Å². The van der Waals surface area contributed by atoms with Crippen molar-refractivity contribution in [2.24, 2.45) is 0 Å². The smallest absolute Gasteiger partial charge is 0.137 e. The van der Waals surface area contributed by atoms with E-state index in [1.165, 1.54) is 16.5 Å². The minimum Gasteiger partial charge on any atom is -0.464 e. The standard InChI is InChI=1S/C10H10O.C2H6.W/c1-7-3-4-8(2)10-9(7)5-6-11-10;1-2;/h3-6H,1-2H3;1-2H3;. The number of hydrogen-bond acceptors (Lipinski definition) is 1. The van der Waals surface area contributed by atoms with Gasteiger partial charge in [-0.1, -0.05) is 26.0 Å². The largest absolute Gasteiger partial charge is 0.464 e. The molecule has 76 valence electrons. The molecule has 1 heterocycles. The Bertz CT molecular complexity index is 354. The first-order valence-electron chi connectivity index (χ1n) is 4.72. The molecule has 0 saturated carbocycles. The van der Waals surface area contributed by atoms with Gasteiger partial charge in [-0.25, -0.2) is 0 Å². The Morgan fingerprint density at radius 3 is 2.07 bits per heavy atom. The third-order valence-electron chi connectivity index (χ3n) is 2.03. The van der Waals surface area contributed by atoms with E-state index in [4.69, 9.17) is 4.42 Å². The van der Waals surface area contributed by atoms with E-state index in [-0.39, 0.29) is 21.1 Å². The maximum atomic E-state index is 5.33. The van der Waals surface area contributed by atoms with Gasteiger partial charge in [-0.15, -0.1) is 0 Å². The maximum Gasteiger partial charge on any atom is 0.137 e. The van der Waals surface area contributed by atoms with Crippen molar-refractivity contribution in [3.05, 3.63) is 35.6 Å². The average molecular weight is 360 g/mol. The van der Waals surface area contributed by atoms with E-state index >= 15 is 0 Å². The number of benzene rings is 1. The maximum absolute atomic E-state index is 5.33. The van der Waals surface area contributed by atoms with Crippen LogP contribution in [-0.2, 0) is 21.1 Å². The summed E-state index contributed by atoms with van der Waals surface area (Å²) in [6.07, 6.45) is 1.74. The van der Waals surface area contributed by atoms with Crippen LogP contribution in [0.2, 0.25) is 0 Å². The third kappa shape index (κ3) is 2.48.